The van der Waals surface area contributed by atoms with Gasteiger partial charge in [-0.2, -0.15) is 0 Å². The molecule has 0 unspecified atom stereocenters. The van der Waals surface area contributed by atoms with Gasteiger partial charge in [0, 0.05) is 18.1 Å². The van der Waals surface area contributed by atoms with Crippen molar-refractivity contribution in [3.05, 3.63) is 62.1 Å². The van der Waals surface area contributed by atoms with Gasteiger partial charge in [0.25, 0.3) is 5.69 Å². The maximum atomic E-state index is 12.5. The minimum atomic E-state index is -0.842. The van der Waals surface area contributed by atoms with Crippen LogP contribution in [0, 0.1) is 10.1 Å². The van der Waals surface area contributed by atoms with Crippen LogP contribution >= 0.6 is 11.6 Å². The van der Waals surface area contributed by atoms with E-state index >= 15 is 0 Å². The van der Waals surface area contributed by atoms with Gasteiger partial charge < -0.3 is 19.4 Å². The standard InChI is InChI=1S/C19H17ClN4O7/c1-22(9-17(25)21-13-7-11(20)3-6-15(13)30-2)18(26)10-23-14-5-4-12(24(28)29)8-16(14)31-19(23)27/h3-8H,9-10H2,1-2H3,(H,21,25). The van der Waals surface area contributed by atoms with E-state index in [9.17, 15) is 24.5 Å². The lowest BCUT2D eigenvalue weighted by Gasteiger charge is -2.17. The number of carbonyl (C=O) groups excluding carboxylic acids is 2. The third kappa shape index (κ3) is 4.83. The SMILES string of the molecule is COc1ccc(Cl)cc1NC(=O)CN(C)C(=O)Cn1c(=O)oc2cc([N+](=O)[O-])ccc21. The zero-order valence-corrected chi connectivity index (χ0v) is 17.2. The highest BCUT2D eigenvalue weighted by molar-refractivity contribution is 6.31. The van der Waals surface area contributed by atoms with Crippen LogP contribution in [0.3, 0.4) is 0 Å². The minimum Gasteiger partial charge on any atom is -0.495 e. The van der Waals surface area contributed by atoms with Crippen LogP contribution in [0.15, 0.2) is 45.6 Å². The molecule has 1 heterocycles. The van der Waals surface area contributed by atoms with E-state index in [0.717, 1.165) is 15.5 Å². The molecular formula is C19H17ClN4O7. The third-order valence-electron chi connectivity index (χ3n) is 4.40. The lowest BCUT2D eigenvalue weighted by molar-refractivity contribution is -0.384. The van der Waals surface area contributed by atoms with Crippen molar-refractivity contribution in [2.45, 2.75) is 6.54 Å². The highest BCUT2D eigenvalue weighted by atomic mass is 35.5. The van der Waals surface area contributed by atoms with Crippen molar-refractivity contribution in [2.75, 3.05) is 26.0 Å². The van der Waals surface area contributed by atoms with Gasteiger partial charge >= 0.3 is 5.76 Å². The molecule has 0 aliphatic carbocycles. The Morgan fingerprint density at radius 1 is 1.29 bits per heavy atom. The Balaban J connectivity index is 1.70. The highest BCUT2D eigenvalue weighted by Gasteiger charge is 2.19. The lowest BCUT2D eigenvalue weighted by Crippen LogP contribution is -2.38. The Hall–Kier alpha value is -3.86. The molecule has 0 bridgehead atoms. The molecule has 0 saturated heterocycles. The monoisotopic (exact) mass is 448 g/mol. The number of rotatable bonds is 7. The summed E-state index contributed by atoms with van der Waals surface area (Å²) in [7, 11) is 2.84. The summed E-state index contributed by atoms with van der Waals surface area (Å²) in [6.45, 7) is -0.710. The lowest BCUT2D eigenvalue weighted by atomic mass is 10.3. The van der Waals surface area contributed by atoms with Crippen molar-refractivity contribution in [3.63, 3.8) is 0 Å². The van der Waals surface area contributed by atoms with Gasteiger partial charge in [-0.05, 0) is 24.3 Å². The first-order valence-electron chi connectivity index (χ1n) is 8.84. The number of hydrogen-bond acceptors (Lipinski definition) is 7. The van der Waals surface area contributed by atoms with Crippen LogP contribution in [0.2, 0.25) is 5.02 Å². The van der Waals surface area contributed by atoms with Crippen molar-refractivity contribution < 1.29 is 23.7 Å². The van der Waals surface area contributed by atoms with Crippen LogP contribution in [-0.2, 0) is 16.1 Å². The molecule has 2 amide bonds. The van der Waals surface area contributed by atoms with E-state index in [-0.39, 0.29) is 23.3 Å². The highest BCUT2D eigenvalue weighted by Crippen LogP contribution is 2.27. The summed E-state index contributed by atoms with van der Waals surface area (Å²) in [5.41, 5.74) is 0.315. The van der Waals surface area contributed by atoms with Gasteiger partial charge in [-0.15, -0.1) is 0 Å². The predicted molar refractivity (Wildman–Crippen MR) is 111 cm³/mol. The Kier molecular flexibility index (Phi) is 6.25. The van der Waals surface area contributed by atoms with Gasteiger partial charge in [-0.1, -0.05) is 11.6 Å². The van der Waals surface area contributed by atoms with Gasteiger partial charge in [-0.3, -0.25) is 24.3 Å². The molecule has 3 rings (SSSR count). The van der Waals surface area contributed by atoms with Crippen LogP contribution < -0.4 is 15.8 Å². The molecule has 0 aliphatic rings. The molecule has 0 fully saturated rings. The average molecular weight is 449 g/mol. The average Bonchev–Trinajstić information content (AvgIpc) is 3.02. The number of aromatic nitrogens is 1. The molecule has 162 valence electrons. The number of fused-ring (bicyclic) bond motifs is 1. The predicted octanol–water partition coefficient (Wildman–Crippen LogP) is 2.26. The fourth-order valence-corrected chi connectivity index (χ4v) is 3.02. The molecule has 0 radical (unpaired) electrons. The molecule has 11 nitrogen and oxygen atoms in total. The van der Waals surface area contributed by atoms with Crippen LogP contribution in [0.4, 0.5) is 11.4 Å². The number of oxazole rings is 1. The molecule has 1 N–H and O–H groups in total. The summed E-state index contributed by atoms with van der Waals surface area (Å²) in [6.07, 6.45) is 0. The number of ether oxygens (including phenoxy) is 1. The number of methoxy groups -OCH3 is 1. The van der Waals surface area contributed by atoms with E-state index in [2.05, 4.69) is 5.32 Å². The molecule has 1 aromatic heterocycles. The number of carbonyl (C=O) groups is 2. The number of nitrogens with zero attached hydrogens (tertiary/aromatic N) is 3. The Labute approximate surface area is 179 Å². The minimum absolute atomic E-state index is 0.0135. The van der Waals surface area contributed by atoms with E-state index in [0.29, 0.717) is 16.5 Å². The first-order chi connectivity index (χ1) is 14.7. The Morgan fingerprint density at radius 3 is 2.71 bits per heavy atom. The van der Waals surface area contributed by atoms with Gasteiger partial charge in [-0.25, -0.2) is 4.79 Å². The summed E-state index contributed by atoms with van der Waals surface area (Å²) in [5, 5.41) is 13.9. The number of halogens is 1. The normalized spacial score (nSPS) is 10.7. The molecular weight excluding hydrogens is 432 g/mol. The van der Waals surface area contributed by atoms with Crippen molar-refractivity contribution in [3.8, 4) is 5.75 Å². The summed E-state index contributed by atoms with van der Waals surface area (Å²) in [6, 6.07) is 8.34. The van der Waals surface area contributed by atoms with Crippen LogP contribution in [0.5, 0.6) is 5.75 Å². The first kappa shape index (κ1) is 21.8. The third-order valence-corrected chi connectivity index (χ3v) is 4.63. The fourth-order valence-electron chi connectivity index (χ4n) is 2.85. The smallest absolute Gasteiger partial charge is 0.420 e. The van der Waals surface area contributed by atoms with Crippen LogP contribution in [-0.4, -0.2) is 46.9 Å². The van der Waals surface area contributed by atoms with Crippen molar-refractivity contribution in [1.82, 2.24) is 9.47 Å². The van der Waals surface area contributed by atoms with Crippen molar-refractivity contribution in [2.24, 2.45) is 0 Å². The second-order valence-electron chi connectivity index (χ2n) is 6.51. The van der Waals surface area contributed by atoms with E-state index in [1.807, 2.05) is 0 Å². The molecule has 0 atom stereocenters. The number of anilines is 1. The van der Waals surface area contributed by atoms with Crippen LogP contribution in [0.1, 0.15) is 0 Å². The Morgan fingerprint density at radius 2 is 2.03 bits per heavy atom. The topological polar surface area (TPSA) is 137 Å². The van der Waals surface area contributed by atoms with Gasteiger partial charge in [0.05, 0.1) is 35.8 Å². The maximum Gasteiger partial charge on any atom is 0.420 e. The van der Waals surface area contributed by atoms with Gasteiger partial charge in [0.15, 0.2) is 5.58 Å². The number of amides is 2. The largest absolute Gasteiger partial charge is 0.495 e. The maximum absolute atomic E-state index is 12.5. The van der Waals surface area contributed by atoms with E-state index in [1.54, 1.807) is 12.1 Å². The molecule has 31 heavy (non-hydrogen) atoms. The second-order valence-corrected chi connectivity index (χ2v) is 6.94. The van der Waals surface area contributed by atoms with E-state index in [4.69, 9.17) is 20.8 Å². The quantitative estimate of drug-likeness (QED) is 0.432. The van der Waals surface area contributed by atoms with Crippen molar-refractivity contribution >= 4 is 45.9 Å². The number of nitro benzene ring substituents is 1. The molecule has 0 aliphatic heterocycles. The number of nitro groups is 1. The summed E-state index contributed by atoms with van der Waals surface area (Å²) >= 11 is 5.93. The number of non-ortho nitro benzene ring substituents is 1. The summed E-state index contributed by atoms with van der Waals surface area (Å²) in [5.74, 6) is -1.49. The number of nitrogens with one attached hydrogen (secondary N) is 1. The molecule has 2 aromatic carbocycles. The van der Waals surface area contributed by atoms with Crippen molar-refractivity contribution in [1.29, 1.82) is 0 Å². The molecule has 3 aromatic rings. The number of hydrogen-bond donors (Lipinski definition) is 1. The first-order valence-corrected chi connectivity index (χ1v) is 9.22. The van der Waals surface area contributed by atoms with Crippen LogP contribution in [0.25, 0.3) is 11.1 Å². The Bertz CT molecular complexity index is 1230. The number of benzene rings is 2. The number of likely N-dealkylation sites (N-methyl/N-ethyl adjacent to an activating group) is 1. The van der Waals surface area contributed by atoms with E-state index in [1.165, 1.54) is 32.4 Å². The molecule has 0 saturated carbocycles. The fraction of sp³-hybridized carbons (Fsp3) is 0.211. The second kappa shape index (κ2) is 8.88. The van der Waals surface area contributed by atoms with Gasteiger partial charge in [0.1, 0.15) is 12.3 Å². The molecule has 12 heteroatoms. The van der Waals surface area contributed by atoms with Gasteiger partial charge in [0.2, 0.25) is 11.8 Å². The summed E-state index contributed by atoms with van der Waals surface area (Å²) in [4.78, 5) is 48.3. The van der Waals surface area contributed by atoms with E-state index < -0.39 is 29.0 Å². The zero-order chi connectivity index (χ0) is 22.7. The molecule has 0 spiro atoms. The zero-order valence-electron chi connectivity index (χ0n) is 16.5. The summed E-state index contributed by atoms with van der Waals surface area (Å²) < 4.78 is 11.2.